The molecule has 0 fully saturated rings. The van der Waals surface area contributed by atoms with Crippen molar-refractivity contribution in [2.24, 2.45) is 0 Å². The van der Waals surface area contributed by atoms with Crippen LogP contribution in [-0.4, -0.2) is 14.2 Å². The molecule has 2 aromatic carbocycles. The smallest absolute Gasteiger partial charge is 0.137 e. The molecule has 0 aliphatic rings. The van der Waals surface area contributed by atoms with E-state index in [1.165, 1.54) is 5.56 Å². The van der Waals surface area contributed by atoms with Gasteiger partial charge in [-0.1, -0.05) is 48.0 Å². The van der Waals surface area contributed by atoms with Crippen LogP contribution in [-0.2, 0) is 6.42 Å². The van der Waals surface area contributed by atoms with Crippen molar-refractivity contribution in [1.29, 1.82) is 0 Å². The van der Waals surface area contributed by atoms with Crippen molar-refractivity contribution in [3.63, 3.8) is 0 Å². The van der Waals surface area contributed by atoms with E-state index in [4.69, 9.17) is 16.3 Å². The first-order valence-corrected chi connectivity index (χ1v) is 6.67. The first kappa shape index (κ1) is 13.9. The average molecular weight is 276 g/mol. The van der Waals surface area contributed by atoms with Gasteiger partial charge in [0.2, 0.25) is 0 Å². The summed E-state index contributed by atoms with van der Waals surface area (Å²) in [6.07, 6.45) is 0.931. The highest BCUT2D eigenvalue weighted by Gasteiger charge is 2.12. The van der Waals surface area contributed by atoms with Gasteiger partial charge < -0.3 is 10.1 Å². The van der Waals surface area contributed by atoms with Crippen molar-refractivity contribution >= 4 is 11.6 Å². The van der Waals surface area contributed by atoms with Gasteiger partial charge in [0.25, 0.3) is 0 Å². The van der Waals surface area contributed by atoms with E-state index in [1.807, 2.05) is 25.2 Å². The number of methoxy groups -OCH3 is 1. The molecular weight excluding hydrogens is 258 g/mol. The summed E-state index contributed by atoms with van der Waals surface area (Å²) in [6, 6.07) is 16.6. The lowest BCUT2D eigenvalue weighted by atomic mass is 9.99. The number of rotatable bonds is 5. The Kier molecular flexibility index (Phi) is 4.83. The van der Waals surface area contributed by atoms with E-state index in [-0.39, 0.29) is 6.04 Å². The molecule has 0 saturated carbocycles. The van der Waals surface area contributed by atoms with Crippen LogP contribution in [0.4, 0.5) is 0 Å². The van der Waals surface area contributed by atoms with E-state index < -0.39 is 0 Å². The second-order valence-corrected chi connectivity index (χ2v) is 4.83. The number of halogens is 1. The van der Waals surface area contributed by atoms with Gasteiger partial charge in [0, 0.05) is 6.04 Å². The molecule has 0 radical (unpaired) electrons. The molecule has 3 heteroatoms. The van der Waals surface area contributed by atoms with Gasteiger partial charge >= 0.3 is 0 Å². The van der Waals surface area contributed by atoms with Gasteiger partial charge in [-0.3, -0.25) is 0 Å². The summed E-state index contributed by atoms with van der Waals surface area (Å²) in [4.78, 5) is 0. The van der Waals surface area contributed by atoms with E-state index >= 15 is 0 Å². The minimum absolute atomic E-state index is 0.241. The van der Waals surface area contributed by atoms with Crippen molar-refractivity contribution in [2.75, 3.05) is 14.2 Å². The maximum Gasteiger partial charge on any atom is 0.137 e. The molecule has 2 rings (SSSR count). The number of ether oxygens (including phenoxy) is 1. The monoisotopic (exact) mass is 275 g/mol. The topological polar surface area (TPSA) is 21.3 Å². The van der Waals surface area contributed by atoms with Crippen LogP contribution in [0.1, 0.15) is 17.2 Å². The molecule has 0 heterocycles. The summed E-state index contributed by atoms with van der Waals surface area (Å²) in [5, 5.41) is 3.98. The molecule has 0 bridgehead atoms. The molecule has 100 valence electrons. The van der Waals surface area contributed by atoms with Crippen molar-refractivity contribution in [3.05, 3.63) is 64.7 Å². The van der Waals surface area contributed by atoms with E-state index in [0.29, 0.717) is 10.8 Å². The van der Waals surface area contributed by atoms with Crippen LogP contribution < -0.4 is 10.1 Å². The van der Waals surface area contributed by atoms with Crippen molar-refractivity contribution in [2.45, 2.75) is 12.5 Å². The fourth-order valence-electron chi connectivity index (χ4n) is 2.14. The second-order valence-electron chi connectivity index (χ2n) is 4.42. The predicted molar refractivity (Wildman–Crippen MR) is 80.0 cm³/mol. The molecular formula is C16H18ClNO. The van der Waals surface area contributed by atoms with Crippen LogP contribution in [0.5, 0.6) is 5.75 Å². The van der Waals surface area contributed by atoms with Gasteiger partial charge in [-0.25, -0.2) is 0 Å². The quantitative estimate of drug-likeness (QED) is 0.895. The molecule has 0 saturated heterocycles. The van der Waals surface area contributed by atoms with Gasteiger partial charge in [-0.15, -0.1) is 0 Å². The lowest BCUT2D eigenvalue weighted by Gasteiger charge is -2.18. The molecule has 19 heavy (non-hydrogen) atoms. The molecule has 0 aliphatic carbocycles. The predicted octanol–water partition coefficient (Wildman–Crippen LogP) is 3.85. The Morgan fingerprint density at radius 1 is 1.16 bits per heavy atom. The summed E-state index contributed by atoms with van der Waals surface area (Å²) in [5.74, 6) is 0.708. The minimum atomic E-state index is 0.241. The average Bonchev–Trinajstić information content (AvgIpc) is 2.46. The van der Waals surface area contributed by atoms with Crippen LogP contribution in [0, 0.1) is 0 Å². The number of benzene rings is 2. The molecule has 1 N–H and O–H groups in total. The zero-order valence-corrected chi connectivity index (χ0v) is 11.9. The highest BCUT2D eigenvalue weighted by molar-refractivity contribution is 6.32. The van der Waals surface area contributed by atoms with Crippen LogP contribution >= 0.6 is 11.6 Å². The summed E-state index contributed by atoms with van der Waals surface area (Å²) < 4.78 is 5.18. The van der Waals surface area contributed by atoms with Gasteiger partial charge in [-0.05, 0) is 36.7 Å². The largest absolute Gasteiger partial charge is 0.495 e. The Morgan fingerprint density at radius 2 is 1.89 bits per heavy atom. The molecule has 0 spiro atoms. The Labute approximate surface area is 119 Å². The fourth-order valence-corrected chi connectivity index (χ4v) is 2.40. The highest BCUT2D eigenvalue weighted by atomic mass is 35.5. The number of hydrogen-bond acceptors (Lipinski definition) is 2. The Balaban J connectivity index is 2.20. The Bertz CT molecular complexity index is 528. The molecule has 1 atom stereocenters. The zero-order chi connectivity index (χ0) is 13.7. The molecule has 2 aromatic rings. The molecule has 0 aromatic heterocycles. The number of likely N-dealkylation sites (N-methyl/N-ethyl adjacent to an activating group) is 1. The molecule has 2 nitrogen and oxygen atoms in total. The van der Waals surface area contributed by atoms with E-state index in [9.17, 15) is 0 Å². The lowest BCUT2D eigenvalue weighted by molar-refractivity contribution is 0.414. The Morgan fingerprint density at radius 3 is 2.47 bits per heavy atom. The molecule has 0 amide bonds. The van der Waals surface area contributed by atoms with Crippen molar-refractivity contribution < 1.29 is 4.74 Å². The summed E-state index contributed by atoms with van der Waals surface area (Å²) >= 11 is 6.18. The fraction of sp³-hybridized carbons (Fsp3) is 0.250. The van der Waals surface area contributed by atoms with Crippen LogP contribution in [0.2, 0.25) is 5.02 Å². The summed E-state index contributed by atoms with van der Waals surface area (Å²) in [5.41, 5.74) is 2.46. The number of hydrogen-bond donors (Lipinski definition) is 1. The first-order chi connectivity index (χ1) is 9.24. The Hall–Kier alpha value is -1.51. The van der Waals surface area contributed by atoms with Gasteiger partial charge in [0.15, 0.2) is 0 Å². The van der Waals surface area contributed by atoms with Crippen LogP contribution in [0.25, 0.3) is 0 Å². The zero-order valence-electron chi connectivity index (χ0n) is 11.2. The summed E-state index contributed by atoms with van der Waals surface area (Å²) in [7, 11) is 3.59. The molecule has 0 aliphatic heterocycles. The molecule has 1 unspecified atom stereocenters. The summed E-state index contributed by atoms with van der Waals surface area (Å²) in [6.45, 7) is 0. The third-order valence-electron chi connectivity index (χ3n) is 3.21. The van der Waals surface area contributed by atoms with Crippen molar-refractivity contribution in [1.82, 2.24) is 5.32 Å². The maximum atomic E-state index is 6.18. The van der Waals surface area contributed by atoms with Crippen LogP contribution in [0.3, 0.4) is 0 Å². The van der Waals surface area contributed by atoms with E-state index in [2.05, 4.69) is 35.6 Å². The van der Waals surface area contributed by atoms with Crippen LogP contribution in [0.15, 0.2) is 48.5 Å². The number of nitrogens with one attached hydrogen (secondary N) is 1. The van der Waals surface area contributed by atoms with E-state index in [0.717, 1.165) is 12.0 Å². The van der Waals surface area contributed by atoms with Gasteiger partial charge in [0.05, 0.1) is 12.1 Å². The third-order valence-corrected chi connectivity index (χ3v) is 3.50. The minimum Gasteiger partial charge on any atom is -0.495 e. The van der Waals surface area contributed by atoms with Gasteiger partial charge in [0.1, 0.15) is 5.75 Å². The first-order valence-electron chi connectivity index (χ1n) is 6.29. The van der Waals surface area contributed by atoms with Crippen molar-refractivity contribution in [3.8, 4) is 5.75 Å². The highest BCUT2D eigenvalue weighted by Crippen LogP contribution is 2.28. The standard InChI is InChI=1S/C16H18ClNO/c1-18-15(10-12-6-4-3-5-7-12)13-8-9-16(19-2)14(17)11-13/h3-9,11,15,18H,10H2,1-2H3. The third kappa shape index (κ3) is 3.49. The normalized spacial score (nSPS) is 12.2. The second kappa shape index (κ2) is 6.60. The lowest BCUT2D eigenvalue weighted by Crippen LogP contribution is -2.18. The van der Waals surface area contributed by atoms with E-state index in [1.54, 1.807) is 7.11 Å². The SMILES string of the molecule is CNC(Cc1ccccc1)c1ccc(OC)c(Cl)c1. The van der Waals surface area contributed by atoms with Gasteiger partial charge in [-0.2, -0.15) is 0 Å². The maximum absolute atomic E-state index is 6.18.